The van der Waals surface area contributed by atoms with Gasteiger partial charge >= 0.3 is 0 Å². The van der Waals surface area contributed by atoms with Crippen LogP contribution in [0.15, 0.2) is 29.2 Å². The van der Waals surface area contributed by atoms with Gasteiger partial charge in [-0.3, -0.25) is 14.5 Å². The summed E-state index contributed by atoms with van der Waals surface area (Å²) in [6.07, 6.45) is 5.05. The molecule has 31 heavy (non-hydrogen) atoms. The Labute approximate surface area is 190 Å². The largest absolute Gasteiger partial charge is 0.373 e. The van der Waals surface area contributed by atoms with Gasteiger partial charge in [-0.15, -0.1) is 11.8 Å². The molecule has 1 aromatic carbocycles. The maximum atomic E-state index is 13.1. The van der Waals surface area contributed by atoms with Crippen LogP contribution in [0.2, 0.25) is 0 Å². The summed E-state index contributed by atoms with van der Waals surface area (Å²) in [5.41, 5.74) is 0.894. The third-order valence-corrected chi connectivity index (χ3v) is 7.54. The summed E-state index contributed by atoms with van der Waals surface area (Å²) >= 11 is 1.68. The van der Waals surface area contributed by atoms with Crippen molar-refractivity contribution in [3.8, 4) is 0 Å². The normalized spacial score (nSPS) is 28.4. The molecule has 3 saturated heterocycles. The molecule has 0 bridgehead atoms. The van der Waals surface area contributed by atoms with E-state index in [0.717, 1.165) is 51.3 Å². The molecular formula is C24H35N3O3S. The van der Waals surface area contributed by atoms with Crippen LogP contribution in [0.5, 0.6) is 0 Å². The second-order valence-electron chi connectivity index (χ2n) is 9.35. The molecule has 170 valence electrons. The third kappa shape index (κ3) is 5.44. The predicted molar refractivity (Wildman–Crippen MR) is 124 cm³/mol. The van der Waals surface area contributed by atoms with Crippen LogP contribution in [0.3, 0.4) is 0 Å². The van der Waals surface area contributed by atoms with E-state index in [1.807, 2.05) is 35.4 Å². The van der Waals surface area contributed by atoms with E-state index in [4.69, 9.17) is 4.74 Å². The summed E-state index contributed by atoms with van der Waals surface area (Å²) in [6.45, 7) is 9.52. The highest BCUT2D eigenvalue weighted by Gasteiger charge is 2.38. The van der Waals surface area contributed by atoms with E-state index in [9.17, 15) is 9.59 Å². The molecule has 3 aliphatic rings. The molecule has 3 heterocycles. The van der Waals surface area contributed by atoms with E-state index in [1.54, 1.807) is 16.7 Å². The highest BCUT2D eigenvalue weighted by molar-refractivity contribution is 7.98. The summed E-state index contributed by atoms with van der Waals surface area (Å²) in [5.74, 6) is 0.632. The summed E-state index contributed by atoms with van der Waals surface area (Å²) in [4.78, 5) is 33.2. The maximum absolute atomic E-state index is 13.1. The Kier molecular flexibility index (Phi) is 7.24. The van der Waals surface area contributed by atoms with Gasteiger partial charge in [-0.25, -0.2) is 0 Å². The van der Waals surface area contributed by atoms with Crippen molar-refractivity contribution in [1.82, 2.24) is 9.80 Å². The van der Waals surface area contributed by atoms with Gasteiger partial charge in [0, 0.05) is 56.3 Å². The predicted octanol–water partition coefficient (Wildman–Crippen LogP) is 3.11. The first-order chi connectivity index (χ1) is 14.9. The minimum Gasteiger partial charge on any atom is -0.373 e. The molecule has 0 N–H and O–H groups in total. The number of hydrogen-bond acceptors (Lipinski definition) is 5. The highest BCUT2D eigenvalue weighted by Crippen LogP contribution is 2.29. The Morgan fingerprint density at radius 2 is 1.71 bits per heavy atom. The summed E-state index contributed by atoms with van der Waals surface area (Å²) in [6, 6.07) is 8.02. The van der Waals surface area contributed by atoms with Crippen molar-refractivity contribution in [3.05, 3.63) is 24.3 Å². The van der Waals surface area contributed by atoms with Gasteiger partial charge < -0.3 is 14.5 Å². The number of likely N-dealkylation sites (tertiary alicyclic amines) is 1. The summed E-state index contributed by atoms with van der Waals surface area (Å²) in [7, 11) is 0. The van der Waals surface area contributed by atoms with Crippen LogP contribution in [-0.4, -0.2) is 79.3 Å². The molecule has 0 spiro atoms. The molecule has 7 heteroatoms. The maximum Gasteiger partial charge on any atom is 0.228 e. The van der Waals surface area contributed by atoms with Gasteiger partial charge in [-0.2, -0.15) is 0 Å². The molecule has 3 unspecified atom stereocenters. The van der Waals surface area contributed by atoms with Gasteiger partial charge in [-0.1, -0.05) is 0 Å². The number of piperidine rings is 1. The lowest BCUT2D eigenvalue weighted by Gasteiger charge is -2.39. The first-order valence-corrected chi connectivity index (χ1v) is 12.8. The van der Waals surface area contributed by atoms with E-state index in [2.05, 4.69) is 18.7 Å². The van der Waals surface area contributed by atoms with Gasteiger partial charge in [0.15, 0.2) is 0 Å². The number of anilines is 1. The monoisotopic (exact) mass is 445 g/mol. The Balaban J connectivity index is 1.27. The fourth-order valence-corrected chi connectivity index (χ4v) is 5.69. The second kappa shape index (κ2) is 9.92. The van der Waals surface area contributed by atoms with E-state index in [1.165, 1.54) is 4.90 Å². The molecule has 0 saturated carbocycles. The molecule has 0 aromatic heterocycles. The lowest BCUT2D eigenvalue weighted by molar-refractivity contribution is -0.137. The van der Waals surface area contributed by atoms with Crippen molar-refractivity contribution in [3.63, 3.8) is 0 Å². The first kappa shape index (κ1) is 22.6. The van der Waals surface area contributed by atoms with Crippen LogP contribution in [0.1, 0.15) is 33.1 Å². The molecule has 2 amide bonds. The Morgan fingerprint density at radius 3 is 2.32 bits per heavy atom. The quantitative estimate of drug-likeness (QED) is 0.652. The lowest BCUT2D eigenvalue weighted by atomic mass is 9.94. The fourth-order valence-electron chi connectivity index (χ4n) is 5.28. The Bertz CT molecular complexity index is 769. The molecule has 1 aromatic rings. The number of nitrogens with zero attached hydrogens (tertiary/aromatic N) is 3. The van der Waals surface area contributed by atoms with Crippen molar-refractivity contribution < 1.29 is 14.3 Å². The van der Waals surface area contributed by atoms with Gasteiger partial charge in [-0.05, 0) is 63.1 Å². The van der Waals surface area contributed by atoms with E-state index in [-0.39, 0.29) is 17.7 Å². The highest BCUT2D eigenvalue weighted by atomic mass is 32.2. The zero-order valence-electron chi connectivity index (χ0n) is 19.0. The number of thioether (sulfide) groups is 1. The molecule has 6 nitrogen and oxygen atoms in total. The average molecular weight is 446 g/mol. The van der Waals surface area contributed by atoms with Crippen LogP contribution in [0, 0.1) is 11.8 Å². The number of morpholine rings is 1. The van der Waals surface area contributed by atoms with Crippen LogP contribution in [0.25, 0.3) is 0 Å². The van der Waals surface area contributed by atoms with Crippen LogP contribution < -0.4 is 4.90 Å². The minimum absolute atomic E-state index is 0.0562. The number of rotatable bonds is 5. The zero-order chi connectivity index (χ0) is 22.0. The topological polar surface area (TPSA) is 53.1 Å². The zero-order valence-corrected chi connectivity index (χ0v) is 19.8. The smallest absolute Gasteiger partial charge is 0.228 e. The van der Waals surface area contributed by atoms with Crippen molar-refractivity contribution in [2.75, 3.05) is 50.4 Å². The number of hydrogen-bond donors (Lipinski definition) is 0. The molecule has 4 rings (SSSR count). The second-order valence-corrected chi connectivity index (χ2v) is 10.2. The number of benzene rings is 1. The van der Waals surface area contributed by atoms with Crippen molar-refractivity contribution in [2.45, 2.75) is 50.2 Å². The molecule has 0 aliphatic carbocycles. The van der Waals surface area contributed by atoms with Gasteiger partial charge in [0.1, 0.15) is 0 Å². The molecule has 0 radical (unpaired) electrons. The third-order valence-electron chi connectivity index (χ3n) is 6.80. The molecular weight excluding hydrogens is 410 g/mol. The molecule has 3 aliphatic heterocycles. The van der Waals surface area contributed by atoms with E-state index in [0.29, 0.717) is 31.1 Å². The lowest BCUT2D eigenvalue weighted by Crippen LogP contribution is -2.49. The minimum atomic E-state index is -0.217. The summed E-state index contributed by atoms with van der Waals surface area (Å²) in [5, 5.41) is 0. The van der Waals surface area contributed by atoms with Gasteiger partial charge in [0.25, 0.3) is 0 Å². The van der Waals surface area contributed by atoms with Crippen LogP contribution in [0.4, 0.5) is 5.69 Å². The number of carbonyl (C=O) groups is 2. The molecule has 3 fully saturated rings. The number of carbonyl (C=O) groups excluding carboxylic acids is 2. The average Bonchev–Trinajstić information content (AvgIpc) is 3.15. The number of ether oxygens (including phenoxy) is 1. The van der Waals surface area contributed by atoms with Gasteiger partial charge in [0.2, 0.25) is 11.8 Å². The summed E-state index contributed by atoms with van der Waals surface area (Å²) < 4.78 is 5.84. The van der Waals surface area contributed by atoms with Crippen molar-refractivity contribution >= 4 is 29.3 Å². The van der Waals surface area contributed by atoms with Crippen molar-refractivity contribution in [2.24, 2.45) is 11.8 Å². The first-order valence-electron chi connectivity index (χ1n) is 11.5. The van der Waals surface area contributed by atoms with Gasteiger partial charge in [0.05, 0.1) is 18.1 Å². The van der Waals surface area contributed by atoms with Crippen LogP contribution in [-0.2, 0) is 14.3 Å². The SMILES string of the molecule is CSc1ccc(N2CC(C(=O)N3CCC(CN4CC(C)OC(C)C4)CC3)CC2=O)cc1. The Morgan fingerprint density at radius 1 is 1.06 bits per heavy atom. The van der Waals surface area contributed by atoms with E-state index < -0.39 is 0 Å². The molecule has 3 atom stereocenters. The number of amides is 2. The Hall–Kier alpha value is -1.57. The standard InChI is InChI=1S/C24H35N3O3S/c1-17-13-25(14-18(2)30-17)15-19-8-10-26(11-9-19)24(29)20-12-23(28)27(16-20)21-4-6-22(31-3)7-5-21/h4-7,17-20H,8-16H2,1-3H3. The fraction of sp³-hybridized carbons (Fsp3) is 0.667. The van der Waals surface area contributed by atoms with Crippen molar-refractivity contribution in [1.29, 1.82) is 0 Å². The van der Waals surface area contributed by atoms with E-state index >= 15 is 0 Å². The van der Waals surface area contributed by atoms with Crippen LogP contribution >= 0.6 is 11.8 Å².